The van der Waals surface area contributed by atoms with Gasteiger partial charge in [-0.15, -0.1) is 0 Å². The average molecular weight is 343 g/mol. The van der Waals surface area contributed by atoms with Crippen LogP contribution >= 0.6 is 0 Å². The zero-order chi connectivity index (χ0) is 17.2. The largest absolute Gasteiger partial charge is 0.481 e. The number of para-hydroxylation sites is 1. The zero-order valence-electron chi connectivity index (χ0n) is 13.4. The van der Waals surface area contributed by atoms with Crippen LogP contribution in [-0.2, 0) is 16.6 Å². The number of nitrogens with one attached hydrogen (secondary N) is 1. The highest BCUT2D eigenvalue weighted by Gasteiger charge is 2.19. The van der Waals surface area contributed by atoms with Crippen LogP contribution in [0.5, 0.6) is 5.88 Å². The summed E-state index contributed by atoms with van der Waals surface area (Å²) in [6, 6.07) is 10.5. The van der Waals surface area contributed by atoms with Gasteiger partial charge >= 0.3 is 0 Å². The Morgan fingerprint density at radius 2 is 2.00 bits per heavy atom. The molecule has 0 spiro atoms. The van der Waals surface area contributed by atoms with E-state index in [1.807, 2.05) is 19.1 Å². The normalized spacial score (nSPS) is 11.6. The maximum Gasteiger partial charge on any atom is 0.243 e. The molecule has 0 aliphatic heterocycles. The van der Waals surface area contributed by atoms with Crippen molar-refractivity contribution in [2.75, 3.05) is 7.11 Å². The number of methoxy groups -OCH3 is 1. The second kappa shape index (κ2) is 6.54. The fourth-order valence-corrected chi connectivity index (χ4v) is 3.64. The van der Waals surface area contributed by atoms with Gasteiger partial charge in [0.25, 0.3) is 0 Å². The van der Waals surface area contributed by atoms with Gasteiger partial charge in [0, 0.05) is 29.9 Å². The Kier molecular flexibility index (Phi) is 4.46. The minimum Gasteiger partial charge on any atom is -0.481 e. The number of nitrogens with zero attached hydrogens (tertiary/aromatic N) is 2. The van der Waals surface area contributed by atoms with Crippen molar-refractivity contribution < 1.29 is 13.2 Å². The predicted octanol–water partition coefficient (Wildman–Crippen LogP) is 2.43. The van der Waals surface area contributed by atoms with Crippen LogP contribution in [0.4, 0.5) is 0 Å². The number of rotatable bonds is 5. The van der Waals surface area contributed by atoms with Crippen molar-refractivity contribution in [2.24, 2.45) is 0 Å². The molecule has 124 valence electrons. The van der Waals surface area contributed by atoms with Gasteiger partial charge in [0.2, 0.25) is 15.9 Å². The Morgan fingerprint density at radius 3 is 2.79 bits per heavy atom. The highest BCUT2D eigenvalue weighted by Crippen LogP contribution is 2.22. The van der Waals surface area contributed by atoms with E-state index in [-0.39, 0.29) is 11.4 Å². The van der Waals surface area contributed by atoms with Crippen LogP contribution in [0.3, 0.4) is 0 Å². The molecule has 0 aliphatic carbocycles. The molecule has 0 amide bonds. The van der Waals surface area contributed by atoms with E-state index in [0.717, 1.165) is 10.9 Å². The van der Waals surface area contributed by atoms with Gasteiger partial charge in [-0.05, 0) is 30.7 Å². The summed E-state index contributed by atoms with van der Waals surface area (Å²) in [5.74, 6) is 0.395. The Bertz CT molecular complexity index is 987. The molecule has 0 unspecified atom stereocenters. The second-order valence-corrected chi connectivity index (χ2v) is 7.07. The smallest absolute Gasteiger partial charge is 0.243 e. The molecule has 0 fully saturated rings. The number of benzene rings is 1. The summed E-state index contributed by atoms with van der Waals surface area (Å²) in [7, 11) is -2.22. The van der Waals surface area contributed by atoms with Crippen molar-refractivity contribution in [3.63, 3.8) is 0 Å². The summed E-state index contributed by atoms with van der Waals surface area (Å²) < 4.78 is 33.1. The molecule has 0 radical (unpaired) electrons. The molecular formula is C17H17N3O3S. The molecule has 2 aromatic heterocycles. The van der Waals surface area contributed by atoms with E-state index in [1.165, 1.54) is 7.11 Å². The van der Waals surface area contributed by atoms with Crippen LogP contribution < -0.4 is 9.46 Å². The molecule has 0 bridgehead atoms. The molecule has 0 atom stereocenters. The summed E-state index contributed by atoms with van der Waals surface area (Å²) in [4.78, 5) is 8.50. The lowest BCUT2D eigenvalue weighted by atomic mass is 10.2. The molecule has 3 rings (SSSR count). The van der Waals surface area contributed by atoms with Crippen LogP contribution in [0, 0.1) is 6.92 Å². The minimum absolute atomic E-state index is 0.0849. The van der Waals surface area contributed by atoms with Gasteiger partial charge in [-0.2, -0.15) is 0 Å². The standard InChI is InChI=1S/C17H17N3O3S/c1-12-9-13-5-3-7-15(16(13)19-10-12)24(21,22)20-11-14-6-4-8-18-17(14)23-2/h3-10,20H,11H2,1-2H3. The molecule has 24 heavy (non-hydrogen) atoms. The Hall–Kier alpha value is -2.51. The maximum atomic E-state index is 12.7. The molecule has 0 saturated heterocycles. The number of hydrogen-bond donors (Lipinski definition) is 1. The van der Waals surface area contributed by atoms with Gasteiger partial charge in [-0.3, -0.25) is 4.98 Å². The monoisotopic (exact) mass is 343 g/mol. The lowest BCUT2D eigenvalue weighted by Gasteiger charge is -2.11. The third-order valence-electron chi connectivity index (χ3n) is 3.60. The van der Waals surface area contributed by atoms with Gasteiger partial charge in [0.15, 0.2) is 0 Å². The maximum absolute atomic E-state index is 12.7. The Balaban J connectivity index is 1.94. The molecule has 1 N–H and O–H groups in total. The molecule has 2 heterocycles. The molecule has 0 saturated carbocycles. The van der Waals surface area contributed by atoms with Crippen LogP contribution in [-0.4, -0.2) is 25.5 Å². The zero-order valence-corrected chi connectivity index (χ0v) is 14.2. The Morgan fingerprint density at radius 1 is 1.17 bits per heavy atom. The number of aromatic nitrogens is 2. The highest BCUT2D eigenvalue weighted by atomic mass is 32.2. The SMILES string of the molecule is COc1ncccc1CNS(=O)(=O)c1cccc2cc(C)cnc12. The first-order valence-electron chi connectivity index (χ1n) is 7.34. The summed E-state index contributed by atoms with van der Waals surface area (Å²) in [6.45, 7) is 2.00. The predicted molar refractivity (Wildman–Crippen MR) is 91.3 cm³/mol. The second-order valence-electron chi connectivity index (χ2n) is 5.34. The van der Waals surface area contributed by atoms with Gasteiger partial charge in [-0.25, -0.2) is 18.1 Å². The topological polar surface area (TPSA) is 81.2 Å². The Labute approximate surface area is 140 Å². The summed E-state index contributed by atoms with van der Waals surface area (Å²) in [5, 5.41) is 0.789. The molecule has 7 heteroatoms. The van der Waals surface area contributed by atoms with Crippen molar-refractivity contribution in [3.8, 4) is 5.88 Å². The number of fused-ring (bicyclic) bond motifs is 1. The van der Waals surface area contributed by atoms with Crippen LogP contribution in [0.2, 0.25) is 0 Å². The first-order chi connectivity index (χ1) is 11.5. The summed E-state index contributed by atoms with van der Waals surface area (Å²) in [5.41, 5.74) is 2.09. The van der Waals surface area contributed by atoms with Crippen molar-refractivity contribution in [2.45, 2.75) is 18.4 Å². The van der Waals surface area contributed by atoms with E-state index >= 15 is 0 Å². The van der Waals surface area contributed by atoms with E-state index in [1.54, 1.807) is 36.7 Å². The average Bonchev–Trinajstić information content (AvgIpc) is 2.59. The van der Waals surface area contributed by atoms with E-state index in [4.69, 9.17) is 4.74 Å². The number of pyridine rings is 2. The number of aryl methyl sites for hydroxylation is 1. The van der Waals surface area contributed by atoms with Crippen LogP contribution in [0.1, 0.15) is 11.1 Å². The van der Waals surface area contributed by atoms with Crippen molar-refractivity contribution >= 4 is 20.9 Å². The minimum atomic E-state index is -3.72. The lowest BCUT2D eigenvalue weighted by Crippen LogP contribution is -2.24. The molecular weight excluding hydrogens is 326 g/mol. The summed E-state index contributed by atoms with van der Waals surface area (Å²) in [6.07, 6.45) is 3.25. The number of hydrogen-bond acceptors (Lipinski definition) is 5. The lowest BCUT2D eigenvalue weighted by molar-refractivity contribution is 0.392. The van der Waals surface area contributed by atoms with E-state index < -0.39 is 10.0 Å². The highest BCUT2D eigenvalue weighted by molar-refractivity contribution is 7.89. The van der Waals surface area contributed by atoms with E-state index in [2.05, 4.69) is 14.7 Å². The fourth-order valence-electron chi connectivity index (χ4n) is 2.45. The van der Waals surface area contributed by atoms with Gasteiger partial charge < -0.3 is 4.74 Å². The molecule has 3 aromatic rings. The van der Waals surface area contributed by atoms with E-state index in [9.17, 15) is 8.42 Å². The number of sulfonamides is 1. The van der Waals surface area contributed by atoms with Gasteiger partial charge in [0.05, 0.1) is 12.6 Å². The molecule has 0 aliphatic rings. The van der Waals surface area contributed by atoms with Crippen molar-refractivity contribution in [1.82, 2.24) is 14.7 Å². The third-order valence-corrected chi connectivity index (χ3v) is 5.03. The fraction of sp³-hybridized carbons (Fsp3) is 0.176. The van der Waals surface area contributed by atoms with Crippen molar-refractivity contribution in [1.29, 1.82) is 0 Å². The van der Waals surface area contributed by atoms with E-state index in [0.29, 0.717) is 17.0 Å². The third kappa shape index (κ3) is 3.22. The van der Waals surface area contributed by atoms with Crippen LogP contribution in [0.15, 0.2) is 53.7 Å². The molecule has 6 nitrogen and oxygen atoms in total. The first kappa shape index (κ1) is 16.4. The van der Waals surface area contributed by atoms with Crippen LogP contribution in [0.25, 0.3) is 10.9 Å². The quantitative estimate of drug-likeness (QED) is 0.769. The number of ether oxygens (including phenoxy) is 1. The van der Waals surface area contributed by atoms with Gasteiger partial charge in [-0.1, -0.05) is 18.2 Å². The van der Waals surface area contributed by atoms with Crippen molar-refractivity contribution in [3.05, 3.63) is 59.9 Å². The van der Waals surface area contributed by atoms with Gasteiger partial charge in [0.1, 0.15) is 4.90 Å². The first-order valence-corrected chi connectivity index (χ1v) is 8.82. The molecule has 1 aromatic carbocycles. The summed E-state index contributed by atoms with van der Waals surface area (Å²) >= 11 is 0.